The quantitative estimate of drug-likeness (QED) is 0.597. The zero-order chi connectivity index (χ0) is 10.0. The second-order valence-electron chi connectivity index (χ2n) is 2.77. The highest BCUT2D eigenvalue weighted by Crippen LogP contribution is 2.21. The van der Waals surface area contributed by atoms with Crippen LogP contribution in [0.2, 0.25) is 0 Å². The standard InChI is InChI=1S/C10H8Br2O/c1-6(2)10(13)7-3-8(11)5-9(12)4-7/h3-5H,1H2,2H3. The van der Waals surface area contributed by atoms with E-state index in [-0.39, 0.29) is 5.78 Å². The number of rotatable bonds is 2. The Balaban J connectivity index is 3.15. The Morgan fingerprint density at radius 3 is 2.08 bits per heavy atom. The van der Waals surface area contributed by atoms with Crippen molar-refractivity contribution in [1.29, 1.82) is 0 Å². The molecule has 0 saturated carbocycles. The number of hydrogen-bond donors (Lipinski definition) is 0. The second kappa shape index (κ2) is 4.20. The van der Waals surface area contributed by atoms with Crippen molar-refractivity contribution in [3.8, 4) is 0 Å². The van der Waals surface area contributed by atoms with Gasteiger partial charge in [-0.1, -0.05) is 38.4 Å². The molecule has 68 valence electrons. The molecule has 1 aromatic rings. The van der Waals surface area contributed by atoms with Gasteiger partial charge in [0.05, 0.1) is 0 Å². The highest BCUT2D eigenvalue weighted by molar-refractivity contribution is 9.11. The molecule has 0 bridgehead atoms. The Morgan fingerprint density at radius 2 is 1.69 bits per heavy atom. The van der Waals surface area contributed by atoms with E-state index in [2.05, 4.69) is 38.4 Å². The van der Waals surface area contributed by atoms with Gasteiger partial charge in [-0.05, 0) is 30.7 Å². The lowest BCUT2D eigenvalue weighted by molar-refractivity contribution is 0.103. The number of Topliss-reactive ketones (excluding diaryl/α,β-unsaturated/α-hetero) is 1. The van der Waals surface area contributed by atoms with Crippen LogP contribution in [0, 0.1) is 0 Å². The van der Waals surface area contributed by atoms with Crippen LogP contribution in [-0.2, 0) is 0 Å². The molecule has 13 heavy (non-hydrogen) atoms. The van der Waals surface area contributed by atoms with Crippen LogP contribution in [0.5, 0.6) is 0 Å². The Morgan fingerprint density at radius 1 is 1.23 bits per heavy atom. The minimum absolute atomic E-state index is 0.0259. The van der Waals surface area contributed by atoms with Gasteiger partial charge in [0.1, 0.15) is 0 Å². The van der Waals surface area contributed by atoms with Gasteiger partial charge in [-0.3, -0.25) is 4.79 Å². The van der Waals surface area contributed by atoms with Crippen molar-refractivity contribution >= 4 is 37.6 Å². The molecule has 0 radical (unpaired) electrons. The number of halogens is 2. The first-order valence-electron chi connectivity index (χ1n) is 3.67. The summed E-state index contributed by atoms with van der Waals surface area (Å²) >= 11 is 6.64. The van der Waals surface area contributed by atoms with Gasteiger partial charge in [-0.2, -0.15) is 0 Å². The van der Waals surface area contributed by atoms with E-state index in [1.165, 1.54) is 0 Å². The molecule has 0 aromatic heterocycles. The third-order valence-corrected chi connectivity index (χ3v) is 2.43. The molecule has 1 rings (SSSR count). The summed E-state index contributed by atoms with van der Waals surface area (Å²) in [4.78, 5) is 11.5. The zero-order valence-electron chi connectivity index (χ0n) is 7.10. The number of ketones is 1. The molecule has 0 aliphatic rings. The summed E-state index contributed by atoms with van der Waals surface area (Å²) in [6, 6.07) is 5.44. The summed E-state index contributed by atoms with van der Waals surface area (Å²) in [5, 5.41) is 0. The Labute approximate surface area is 94.1 Å². The first-order chi connectivity index (χ1) is 6.00. The summed E-state index contributed by atoms with van der Waals surface area (Å²) in [5.41, 5.74) is 1.19. The van der Waals surface area contributed by atoms with Crippen LogP contribution in [0.1, 0.15) is 17.3 Å². The monoisotopic (exact) mass is 302 g/mol. The predicted molar refractivity (Wildman–Crippen MR) is 61.0 cm³/mol. The van der Waals surface area contributed by atoms with Crippen molar-refractivity contribution in [1.82, 2.24) is 0 Å². The van der Waals surface area contributed by atoms with Gasteiger partial charge in [0.25, 0.3) is 0 Å². The first kappa shape index (κ1) is 10.7. The van der Waals surface area contributed by atoms with Crippen molar-refractivity contribution < 1.29 is 4.79 Å². The molecule has 0 fully saturated rings. The van der Waals surface area contributed by atoms with Gasteiger partial charge < -0.3 is 0 Å². The van der Waals surface area contributed by atoms with Crippen LogP contribution in [-0.4, -0.2) is 5.78 Å². The van der Waals surface area contributed by atoms with Crippen LogP contribution in [0.4, 0.5) is 0 Å². The van der Waals surface area contributed by atoms with E-state index in [9.17, 15) is 4.79 Å². The lowest BCUT2D eigenvalue weighted by Crippen LogP contribution is -1.99. The molecular formula is C10H8Br2O. The Kier molecular flexibility index (Phi) is 3.45. The highest BCUT2D eigenvalue weighted by Gasteiger charge is 2.07. The van der Waals surface area contributed by atoms with Crippen molar-refractivity contribution in [3.05, 3.63) is 44.9 Å². The molecule has 0 spiro atoms. The second-order valence-corrected chi connectivity index (χ2v) is 4.60. The molecule has 3 heteroatoms. The maximum absolute atomic E-state index is 11.5. The van der Waals surface area contributed by atoms with Crippen molar-refractivity contribution in [3.63, 3.8) is 0 Å². The number of carbonyl (C=O) groups is 1. The highest BCUT2D eigenvalue weighted by atomic mass is 79.9. The maximum Gasteiger partial charge on any atom is 0.188 e. The SMILES string of the molecule is C=C(C)C(=O)c1cc(Br)cc(Br)c1. The van der Waals surface area contributed by atoms with Crippen LogP contribution in [0.3, 0.4) is 0 Å². The third-order valence-electron chi connectivity index (χ3n) is 1.51. The fraction of sp³-hybridized carbons (Fsp3) is 0.100. The Hall–Kier alpha value is -0.410. The molecule has 0 aliphatic carbocycles. The van der Waals surface area contributed by atoms with Gasteiger partial charge in [-0.25, -0.2) is 0 Å². The number of allylic oxidation sites excluding steroid dienone is 1. The van der Waals surface area contributed by atoms with Crippen LogP contribution in [0.15, 0.2) is 39.3 Å². The van der Waals surface area contributed by atoms with Crippen molar-refractivity contribution in [2.45, 2.75) is 6.92 Å². The van der Waals surface area contributed by atoms with Crippen molar-refractivity contribution in [2.24, 2.45) is 0 Å². The molecule has 0 heterocycles. The van der Waals surface area contributed by atoms with Crippen LogP contribution < -0.4 is 0 Å². The number of hydrogen-bond acceptors (Lipinski definition) is 1. The van der Waals surface area contributed by atoms with Gasteiger partial charge in [0, 0.05) is 14.5 Å². The fourth-order valence-electron chi connectivity index (χ4n) is 0.931. The average molecular weight is 304 g/mol. The van der Waals surface area contributed by atoms with Crippen molar-refractivity contribution in [2.75, 3.05) is 0 Å². The van der Waals surface area contributed by atoms with Gasteiger partial charge in [-0.15, -0.1) is 0 Å². The lowest BCUT2D eigenvalue weighted by atomic mass is 10.1. The summed E-state index contributed by atoms with van der Waals surface area (Å²) < 4.78 is 1.76. The van der Waals surface area contributed by atoms with Gasteiger partial charge >= 0.3 is 0 Å². The number of benzene rings is 1. The van der Waals surface area contributed by atoms with E-state index < -0.39 is 0 Å². The molecule has 0 amide bonds. The summed E-state index contributed by atoms with van der Waals surface area (Å²) in [6.45, 7) is 5.32. The fourth-order valence-corrected chi connectivity index (χ4v) is 2.23. The molecule has 0 saturated heterocycles. The summed E-state index contributed by atoms with van der Waals surface area (Å²) in [7, 11) is 0. The van der Waals surface area contributed by atoms with E-state index in [0.29, 0.717) is 11.1 Å². The van der Waals surface area contributed by atoms with E-state index in [0.717, 1.165) is 8.95 Å². The van der Waals surface area contributed by atoms with Crippen LogP contribution >= 0.6 is 31.9 Å². The minimum Gasteiger partial charge on any atom is -0.289 e. The van der Waals surface area contributed by atoms with E-state index in [1.54, 1.807) is 19.1 Å². The summed E-state index contributed by atoms with van der Waals surface area (Å²) in [5.74, 6) is -0.0259. The van der Waals surface area contributed by atoms with E-state index in [4.69, 9.17) is 0 Å². The topological polar surface area (TPSA) is 17.1 Å². The third kappa shape index (κ3) is 2.78. The maximum atomic E-state index is 11.5. The molecule has 0 unspecified atom stereocenters. The van der Waals surface area contributed by atoms with E-state index >= 15 is 0 Å². The van der Waals surface area contributed by atoms with Gasteiger partial charge in [0.2, 0.25) is 0 Å². The minimum atomic E-state index is -0.0259. The molecule has 0 N–H and O–H groups in total. The molecular weight excluding hydrogens is 296 g/mol. The molecule has 0 atom stereocenters. The van der Waals surface area contributed by atoms with E-state index in [1.807, 2.05) is 6.07 Å². The number of carbonyl (C=O) groups excluding carboxylic acids is 1. The normalized spacial score (nSPS) is 9.77. The molecule has 1 nitrogen and oxygen atoms in total. The largest absolute Gasteiger partial charge is 0.289 e. The molecule has 0 aliphatic heterocycles. The first-order valence-corrected chi connectivity index (χ1v) is 5.25. The predicted octanol–water partition coefficient (Wildman–Crippen LogP) is 3.97. The smallest absolute Gasteiger partial charge is 0.188 e. The Bertz CT molecular complexity index is 349. The zero-order valence-corrected chi connectivity index (χ0v) is 10.3. The van der Waals surface area contributed by atoms with Crippen LogP contribution in [0.25, 0.3) is 0 Å². The molecule has 1 aromatic carbocycles. The average Bonchev–Trinajstić information content (AvgIpc) is 2.01. The lowest BCUT2D eigenvalue weighted by Gasteiger charge is -2.01. The summed E-state index contributed by atoms with van der Waals surface area (Å²) in [6.07, 6.45) is 0. The van der Waals surface area contributed by atoms with Gasteiger partial charge in [0.15, 0.2) is 5.78 Å².